The first-order valence-electron chi connectivity index (χ1n) is 9.69. The van der Waals surface area contributed by atoms with E-state index < -0.39 is 5.97 Å². The number of carbonyl (C=O) groups is 1. The summed E-state index contributed by atoms with van der Waals surface area (Å²) in [4.78, 5) is 12.3. The van der Waals surface area contributed by atoms with Gasteiger partial charge in [-0.05, 0) is 44.2 Å². The molecule has 156 valence electrons. The van der Waals surface area contributed by atoms with Crippen LogP contribution in [-0.2, 0) is 16.1 Å². The van der Waals surface area contributed by atoms with Gasteiger partial charge in [-0.25, -0.2) is 9.48 Å². The molecule has 7 heteroatoms. The van der Waals surface area contributed by atoms with Crippen LogP contribution in [0.15, 0.2) is 75.9 Å². The number of carbonyl (C=O) groups excluding carboxylic acids is 1. The maximum Gasteiger partial charge on any atom is 0.331 e. The highest BCUT2D eigenvalue weighted by atomic mass is 79.9. The van der Waals surface area contributed by atoms with E-state index in [1.807, 2.05) is 67.7 Å². The van der Waals surface area contributed by atoms with Crippen molar-refractivity contribution in [2.24, 2.45) is 0 Å². The summed E-state index contributed by atoms with van der Waals surface area (Å²) in [7, 11) is 0. The van der Waals surface area contributed by atoms with Crippen LogP contribution in [0.25, 0.3) is 23.0 Å². The molecule has 4 rings (SSSR count). The first-order valence-corrected chi connectivity index (χ1v) is 10.5. The fourth-order valence-corrected chi connectivity index (χ4v) is 3.38. The summed E-state index contributed by atoms with van der Waals surface area (Å²) < 4.78 is 13.2. The third-order valence-corrected chi connectivity index (χ3v) is 5.35. The van der Waals surface area contributed by atoms with Gasteiger partial charge in [0.05, 0.1) is 22.6 Å². The molecule has 6 nitrogen and oxygen atoms in total. The van der Waals surface area contributed by atoms with Crippen LogP contribution >= 0.6 is 15.9 Å². The predicted molar refractivity (Wildman–Crippen MR) is 122 cm³/mol. The number of nitrogens with zero attached hydrogens (tertiary/aromatic N) is 3. The van der Waals surface area contributed by atoms with Crippen LogP contribution in [0.3, 0.4) is 0 Å². The van der Waals surface area contributed by atoms with Gasteiger partial charge in [0.2, 0.25) is 0 Å². The van der Waals surface area contributed by atoms with Gasteiger partial charge in [0.15, 0.2) is 0 Å². The monoisotopic (exact) mass is 477 g/mol. The molecule has 0 aliphatic carbocycles. The maximum absolute atomic E-state index is 12.3. The Balaban J connectivity index is 1.59. The summed E-state index contributed by atoms with van der Waals surface area (Å²) in [5.41, 5.74) is 4.96. The number of esters is 1. The van der Waals surface area contributed by atoms with Crippen molar-refractivity contribution < 1.29 is 14.1 Å². The van der Waals surface area contributed by atoms with Crippen LogP contribution < -0.4 is 0 Å². The Morgan fingerprint density at radius 2 is 1.87 bits per heavy atom. The van der Waals surface area contributed by atoms with Crippen LogP contribution in [0.2, 0.25) is 0 Å². The van der Waals surface area contributed by atoms with Crippen molar-refractivity contribution in [2.75, 3.05) is 0 Å². The standard InChI is InChI=1S/C24H20BrN3O3/c1-16-22(17(2)31-27-16)15-30-23(29)13-10-19-14-28(21-6-4-3-5-7-21)26-24(19)18-8-11-20(25)12-9-18/h3-14H,15H2,1-2H3. The van der Waals surface area contributed by atoms with Crippen molar-refractivity contribution in [3.05, 3.63) is 93.9 Å². The average molecular weight is 478 g/mol. The Labute approximate surface area is 188 Å². The van der Waals surface area contributed by atoms with Gasteiger partial charge >= 0.3 is 5.97 Å². The van der Waals surface area contributed by atoms with Crippen LogP contribution in [0.4, 0.5) is 0 Å². The molecule has 4 aromatic rings. The van der Waals surface area contributed by atoms with Gasteiger partial charge in [-0.1, -0.05) is 51.4 Å². The topological polar surface area (TPSA) is 70.2 Å². The van der Waals surface area contributed by atoms with Gasteiger partial charge in [0.25, 0.3) is 0 Å². The normalized spacial score (nSPS) is 11.2. The molecular formula is C24H20BrN3O3. The molecule has 2 aromatic carbocycles. The SMILES string of the molecule is Cc1noc(C)c1COC(=O)C=Cc1cn(-c2ccccc2)nc1-c1ccc(Br)cc1. The zero-order chi connectivity index (χ0) is 21.8. The fourth-order valence-electron chi connectivity index (χ4n) is 3.11. The second-order valence-electron chi connectivity index (χ2n) is 6.96. The third kappa shape index (κ3) is 4.83. The number of para-hydroxylation sites is 1. The van der Waals surface area contributed by atoms with E-state index in [0.717, 1.165) is 38.2 Å². The number of benzene rings is 2. The Bertz CT molecular complexity index is 1210. The Morgan fingerprint density at radius 3 is 2.55 bits per heavy atom. The van der Waals surface area contributed by atoms with Crippen molar-refractivity contribution >= 4 is 28.0 Å². The molecule has 0 saturated carbocycles. The van der Waals surface area contributed by atoms with Gasteiger partial charge in [-0.3, -0.25) is 0 Å². The third-order valence-electron chi connectivity index (χ3n) is 4.82. The number of aromatic nitrogens is 3. The van der Waals surface area contributed by atoms with Gasteiger partial charge in [0.1, 0.15) is 12.4 Å². The highest BCUT2D eigenvalue weighted by molar-refractivity contribution is 9.10. The first-order chi connectivity index (χ1) is 15.0. The second-order valence-corrected chi connectivity index (χ2v) is 7.88. The molecule has 2 aromatic heterocycles. The molecule has 0 spiro atoms. The molecule has 0 N–H and O–H groups in total. The van der Waals surface area contributed by atoms with E-state index in [1.165, 1.54) is 6.08 Å². The maximum atomic E-state index is 12.3. The Kier molecular flexibility index (Phi) is 6.13. The quantitative estimate of drug-likeness (QED) is 0.264. The summed E-state index contributed by atoms with van der Waals surface area (Å²) in [6, 6.07) is 17.7. The molecular weight excluding hydrogens is 458 g/mol. The Morgan fingerprint density at radius 1 is 1.13 bits per heavy atom. The molecule has 0 aliphatic rings. The zero-order valence-corrected chi connectivity index (χ0v) is 18.7. The van der Waals surface area contributed by atoms with Crippen molar-refractivity contribution in [3.63, 3.8) is 0 Å². The van der Waals surface area contributed by atoms with Gasteiger partial charge in [0, 0.05) is 27.9 Å². The highest BCUT2D eigenvalue weighted by Crippen LogP contribution is 2.26. The lowest BCUT2D eigenvalue weighted by Crippen LogP contribution is -2.02. The van der Waals surface area contributed by atoms with Crippen molar-refractivity contribution in [1.29, 1.82) is 0 Å². The molecule has 0 unspecified atom stereocenters. The zero-order valence-electron chi connectivity index (χ0n) is 17.1. The molecule has 0 amide bonds. The largest absolute Gasteiger partial charge is 0.457 e. The molecule has 2 heterocycles. The smallest absolute Gasteiger partial charge is 0.331 e. The fraction of sp³-hybridized carbons (Fsp3) is 0.125. The van der Waals surface area contributed by atoms with E-state index in [1.54, 1.807) is 17.7 Å². The minimum atomic E-state index is -0.450. The van der Waals surface area contributed by atoms with E-state index >= 15 is 0 Å². The minimum Gasteiger partial charge on any atom is -0.457 e. The number of aryl methyl sites for hydroxylation is 2. The summed E-state index contributed by atoms with van der Waals surface area (Å²) >= 11 is 3.46. The molecule has 0 atom stereocenters. The van der Waals surface area contributed by atoms with Crippen molar-refractivity contribution in [3.8, 4) is 16.9 Å². The molecule has 0 radical (unpaired) electrons. The predicted octanol–water partition coefficient (Wildman–Crippen LogP) is 5.66. The van der Waals surface area contributed by atoms with E-state index in [-0.39, 0.29) is 6.61 Å². The minimum absolute atomic E-state index is 0.118. The molecule has 0 bridgehead atoms. The van der Waals surface area contributed by atoms with Gasteiger partial charge in [-0.2, -0.15) is 5.10 Å². The van der Waals surface area contributed by atoms with E-state index in [0.29, 0.717) is 5.76 Å². The van der Waals surface area contributed by atoms with Crippen molar-refractivity contribution in [1.82, 2.24) is 14.9 Å². The molecule has 0 fully saturated rings. The lowest BCUT2D eigenvalue weighted by molar-refractivity contribution is -0.138. The summed E-state index contributed by atoms with van der Waals surface area (Å²) in [5, 5.41) is 8.62. The number of ether oxygens (including phenoxy) is 1. The number of hydrogen-bond donors (Lipinski definition) is 0. The van der Waals surface area contributed by atoms with Crippen LogP contribution in [0.5, 0.6) is 0 Å². The first kappa shape index (κ1) is 20.8. The van der Waals surface area contributed by atoms with Crippen LogP contribution in [0, 0.1) is 13.8 Å². The van der Waals surface area contributed by atoms with Gasteiger partial charge < -0.3 is 9.26 Å². The number of hydrogen-bond acceptors (Lipinski definition) is 5. The molecule has 31 heavy (non-hydrogen) atoms. The van der Waals surface area contributed by atoms with E-state index in [4.69, 9.17) is 14.4 Å². The summed E-state index contributed by atoms with van der Waals surface area (Å²) in [5.74, 6) is 0.199. The lowest BCUT2D eigenvalue weighted by Gasteiger charge is -2.01. The molecule has 0 aliphatic heterocycles. The average Bonchev–Trinajstić information content (AvgIpc) is 3.35. The molecule has 0 saturated heterocycles. The lowest BCUT2D eigenvalue weighted by atomic mass is 10.1. The van der Waals surface area contributed by atoms with Crippen molar-refractivity contribution in [2.45, 2.75) is 20.5 Å². The Hall–Kier alpha value is -3.45. The van der Waals surface area contributed by atoms with E-state index in [2.05, 4.69) is 21.1 Å². The summed E-state index contributed by atoms with van der Waals surface area (Å²) in [6.07, 6.45) is 5.02. The second kappa shape index (κ2) is 9.14. The highest BCUT2D eigenvalue weighted by Gasteiger charge is 2.13. The summed E-state index contributed by atoms with van der Waals surface area (Å²) in [6.45, 7) is 3.73. The van der Waals surface area contributed by atoms with E-state index in [9.17, 15) is 4.79 Å². The number of halogens is 1. The van der Waals surface area contributed by atoms with Gasteiger partial charge in [-0.15, -0.1) is 0 Å². The van der Waals surface area contributed by atoms with Crippen LogP contribution in [-0.4, -0.2) is 20.9 Å². The number of rotatable bonds is 6. The van der Waals surface area contributed by atoms with Crippen LogP contribution in [0.1, 0.15) is 22.6 Å².